The quantitative estimate of drug-likeness (QED) is 0.570. The number of esters is 2. The summed E-state index contributed by atoms with van der Waals surface area (Å²) in [7, 11) is 0. The number of Topliss-reactive ketones (excluding diaryl/α,β-unsaturated/α-hetero) is 2. The molecule has 2 rings (SSSR count). The molecule has 0 aliphatic heterocycles. The van der Waals surface area contributed by atoms with E-state index in [-0.39, 0.29) is 11.1 Å². The van der Waals surface area contributed by atoms with Gasteiger partial charge in [-0.2, -0.15) is 0 Å². The van der Waals surface area contributed by atoms with Crippen LogP contribution in [0.5, 0.6) is 0 Å². The number of carbonyl (C=O) groups is 4. The van der Waals surface area contributed by atoms with E-state index in [0.29, 0.717) is 0 Å². The molecule has 0 heterocycles. The van der Waals surface area contributed by atoms with Gasteiger partial charge in [0.15, 0.2) is 13.2 Å². The van der Waals surface area contributed by atoms with Crippen molar-refractivity contribution in [2.45, 2.75) is 0 Å². The van der Waals surface area contributed by atoms with Crippen LogP contribution in [0.2, 0.25) is 0 Å². The summed E-state index contributed by atoms with van der Waals surface area (Å²) in [6.07, 6.45) is 0. The van der Waals surface area contributed by atoms with Crippen molar-refractivity contribution < 1.29 is 28.7 Å². The number of ether oxygens (including phenoxy) is 2. The highest BCUT2D eigenvalue weighted by molar-refractivity contribution is 6.38. The van der Waals surface area contributed by atoms with E-state index in [1.807, 2.05) is 0 Å². The van der Waals surface area contributed by atoms with E-state index >= 15 is 0 Å². The first-order valence-corrected chi connectivity index (χ1v) is 7.08. The Labute approximate surface area is 138 Å². The summed E-state index contributed by atoms with van der Waals surface area (Å²) in [5.74, 6) is -3.31. The van der Waals surface area contributed by atoms with Crippen LogP contribution in [0.15, 0.2) is 60.7 Å². The Kier molecular flexibility index (Phi) is 5.96. The monoisotopic (exact) mass is 326 g/mol. The van der Waals surface area contributed by atoms with Gasteiger partial charge in [0, 0.05) is 0 Å². The highest BCUT2D eigenvalue weighted by Crippen LogP contribution is 2.02. The smallest absolute Gasteiger partial charge is 0.338 e. The summed E-state index contributed by atoms with van der Waals surface area (Å²) in [6.45, 7) is -1.40. The van der Waals surface area contributed by atoms with E-state index in [2.05, 4.69) is 0 Å². The van der Waals surface area contributed by atoms with Gasteiger partial charge in [0.2, 0.25) is 11.6 Å². The molecule has 0 atom stereocenters. The third-order valence-corrected chi connectivity index (χ3v) is 3.00. The summed E-state index contributed by atoms with van der Waals surface area (Å²) in [6, 6.07) is 16.1. The fourth-order valence-corrected chi connectivity index (χ4v) is 1.74. The average molecular weight is 326 g/mol. The van der Waals surface area contributed by atoms with Gasteiger partial charge in [0.1, 0.15) is 0 Å². The van der Waals surface area contributed by atoms with Gasteiger partial charge in [0.05, 0.1) is 11.1 Å². The first-order valence-electron chi connectivity index (χ1n) is 7.08. The molecule has 6 heteroatoms. The minimum Gasteiger partial charge on any atom is -0.454 e. The second kappa shape index (κ2) is 8.38. The van der Waals surface area contributed by atoms with Gasteiger partial charge in [-0.25, -0.2) is 9.59 Å². The van der Waals surface area contributed by atoms with Crippen LogP contribution >= 0.6 is 0 Å². The summed E-state index contributed by atoms with van der Waals surface area (Å²) in [4.78, 5) is 46.5. The van der Waals surface area contributed by atoms with Crippen LogP contribution in [0, 0.1) is 0 Å². The Bertz CT molecular complexity index is 671. The summed E-state index contributed by atoms with van der Waals surface area (Å²) < 4.78 is 9.51. The fourth-order valence-electron chi connectivity index (χ4n) is 1.74. The molecular weight excluding hydrogens is 312 g/mol. The number of hydrogen-bond donors (Lipinski definition) is 0. The minimum atomic E-state index is -0.944. The van der Waals surface area contributed by atoms with E-state index in [1.54, 1.807) is 36.4 Å². The molecule has 0 spiro atoms. The standard InChI is InChI=1S/C18H14O6/c19-15(11-23-17(21)13-7-3-1-4-8-13)16(20)12-24-18(22)14-9-5-2-6-10-14/h1-10H,11-12H2. The van der Waals surface area contributed by atoms with Crippen molar-refractivity contribution in [3.05, 3.63) is 71.8 Å². The van der Waals surface area contributed by atoms with Gasteiger partial charge in [-0.05, 0) is 24.3 Å². The van der Waals surface area contributed by atoms with Gasteiger partial charge in [0.25, 0.3) is 0 Å². The number of carbonyl (C=O) groups excluding carboxylic acids is 4. The average Bonchev–Trinajstić information content (AvgIpc) is 2.64. The summed E-state index contributed by atoms with van der Waals surface area (Å²) >= 11 is 0. The summed E-state index contributed by atoms with van der Waals surface area (Å²) in [5.41, 5.74) is 0.543. The van der Waals surface area contributed by atoms with Gasteiger partial charge >= 0.3 is 11.9 Å². The van der Waals surface area contributed by atoms with Crippen LogP contribution in [-0.2, 0) is 19.1 Å². The van der Waals surface area contributed by atoms with E-state index in [4.69, 9.17) is 9.47 Å². The third kappa shape index (κ3) is 4.88. The van der Waals surface area contributed by atoms with Gasteiger partial charge in [-0.15, -0.1) is 0 Å². The SMILES string of the molecule is O=C(COC(=O)c1ccccc1)C(=O)COC(=O)c1ccccc1. The lowest BCUT2D eigenvalue weighted by Gasteiger charge is -2.05. The van der Waals surface area contributed by atoms with Crippen LogP contribution in [0.3, 0.4) is 0 Å². The molecule has 0 aromatic heterocycles. The Balaban J connectivity index is 1.77. The van der Waals surface area contributed by atoms with Crippen molar-refractivity contribution in [3.8, 4) is 0 Å². The molecule has 0 aliphatic carbocycles. The van der Waals surface area contributed by atoms with Gasteiger partial charge in [-0.3, -0.25) is 9.59 Å². The second-order valence-electron chi connectivity index (χ2n) is 4.73. The highest BCUT2D eigenvalue weighted by Gasteiger charge is 2.19. The summed E-state index contributed by atoms with van der Waals surface area (Å²) in [5, 5.41) is 0. The fraction of sp³-hybridized carbons (Fsp3) is 0.111. The molecule has 0 aliphatic rings. The first kappa shape index (κ1) is 17.1. The lowest BCUT2D eigenvalue weighted by atomic mass is 10.2. The molecule has 0 fully saturated rings. The second-order valence-corrected chi connectivity index (χ2v) is 4.73. The maximum absolute atomic E-state index is 11.7. The van der Waals surface area contributed by atoms with E-state index in [1.165, 1.54) is 24.3 Å². The Morgan fingerprint density at radius 2 is 0.917 bits per heavy atom. The van der Waals surface area contributed by atoms with Crippen molar-refractivity contribution in [2.75, 3.05) is 13.2 Å². The Hall–Kier alpha value is -3.28. The van der Waals surface area contributed by atoms with Crippen molar-refractivity contribution in [1.82, 2.24) is 0 Å². The van der Waals surface area contributed by atoms with E-state index in [0.717, 1.165) is 0 Å². The molecule has 0 N–H and O–H groups in total. The van der Waals surface area contributed by atoms with Crippen LogP contribution in [0.1, 0.15) is 20.7 Å². The Morgan fingerprint density at radius 3 is 1.25 bits per heavy atom. The lowest BCUT2D eigenvalue weighted by Crippen LogP contribution is -2.26. The van der Waals surface area contributed by atoms with E-state index in [9.17, 15) is 19.2 Å². The molecular formula is C18H14O6. The lowest BCUT2D eigenvalue weighted by molar-refractivity contribution is -0.140. The third-order valence-electron chi connectivity index (χ3n) is 3.00. The molecule has 2 aromatic rings. The van der Waals surface area contributed by atoms with E-state index < -0.39 is 36.7 Å². The van der Waals surface area contributed by atoms with Gasteiger partial charge in [-0.1, -0.05) is 36.4 Å². The molecule has 2 aromatic carbocycles. The predicted octanol–water partition coefficient (Wildman–Crippen LogP) is 1.84. The zero-order valence-electron chi connectivity index (χ0n) is 12.6. The molecule has 24 heavy (non-hydrogen) atoms. The van der Waals surface area contributed by atoms with Crippen LogP contribution < -0.4 is 0 Å². The van der Waals surface area contributed by atoms with Crippen molar-refractivity contribution in [3.63, 3.8) is 0 Å². The molecule has 0 saturated heterocycles. The number of benzene rings is 2. The molecule has 122 valence electrons. The maximum atomic E-state index is 11.7. The van der Waals surface area contributed by atoms with Crippen molar-refractivity contribution in [2.24, 2.45) is 0 Å². The largest absolute Gasteiger partial charge is 0.454 e. The minimum absolute atomic E-state index is 0.272. The van der Waals surface area contributed by atoms with Crippen molar-refractivity contribution >= 4 is 23.5 Å². The molecule has 6 nitrogen and oxygen atoms in total. The molecule has 0 amide bonds. The normalized spacial score (nSPS) is 9.83. The van der Waals surface area contributed by atoms with Crippen LogP contribution in [0.4, 0.5) is 0 Å². The van der Waals surface area contributed by atoms with Crippen LogP contribution in [-0.4, -0.2) is 36.7 Å². The number of rotatable bonds is 7. The zero-order valence-corrected chi connectivity index (χ0v) is 12.6. The Morgan fingerprint density at radius 1 is 0.583 bits per heavy atom. The van der Waals surface area contributed by atoms with Crippen molar-refractivity contribution in [1.29, 1.82) is 0 Å². The highest BCUT2D eigenvalue weighted by atomic mass is 16.5. The predicted molar refractivity (Wildman–Crippen MR) is 83.5 cm³/mol. The van der Waals surface area contributed by atoms with Gasteiger partial charge < -0.3 is 9.47 Å². The molecule has 0 bridgehead atoms. The number of hydrogen-bond acceptors (Lipinski definition) is 6. The van der Waals surface area contributed by atoms with Crippen LogP contribution in [0.25, 0.3) is 0 Å². The zero-order chi connectivity index (χ0) is 17.4. The molecule has 0 unspecified atom stereocenters. The first-order chi connectivity index (χ1) is 11.6. The maximum Gasteiger partial charge on any atom is 0.338 e. The molecule has 0 saturated carbocycles. The topological polar surface area (TPSA) is 86.7 Å². The number of ketones is 2. The molecule has 0 radical (unpaired) electrons.